The predicted molar refractivity (Wildman–Crippen MR) is 62.1 cm³/mol. The predicted octanol–water partition coefficient (Wildman–Crippen LogP) is 2.76. The van der Waals surface area contributed by atoms with Crippen LogP contribution in [0.2, 0.25) is 0 Å². The first kappa shape index (κ1) is 9.21. The molecule has 0 aliphatic carbocycles. The van der Waals surface area contributed by atoms with E-state index >= 15 is 0 Å². The highest BCUT2D eigenvalue weighted by atomic mass is 32.2. The van der Waals surface area contributed by atoms with Crippen LogP contribution in [0.4, 0.5) is 5.69 Å². The van der Waals surface area contributed by atoms with E-state index in [9.17, 15) is 0 Å². The Morgan fingerprint density at radius 3 is 2.50 bits per heavy atom. The molecule has 1 aromatic rings. The fourth-order valence-corrected chi connectivity index (χ4v) is 1.67. The van der Waals surface area contributed by atoms with Crippen molar-refractivity contribution in [3.63, 3.8) is 0 Å². The third-order valence-electron chi connectivity index (χ3n) is 2.01. The van der Waals surface area contributed by atoms with Crippen molar-refractivity contribution in [2.45, 2.75) is 4.90 Å². The van der Waals surface area contributed by atoms with E-state index in [-0.39, 0.29) is 0 Å². The minimum Gasteiger partial charge on any atom is -0.302 e. The Kier molecular flexibility index (Phi) is 2.79. The van der Waals surface area contributed by atoms with Gasteiger partial charge in [-0.1, -0.05) is 0 Å². The maximum Gasteiger partial charge on any atom is 0.0624 e. The van der Waals surface area contributed by atoms with Crippen molar-refractivity contribution >= 4 is 17.4 Å². The number of allylic oxidation sites excluding steroid dienone is 2. The largest absolute Gasteiger partial charge is 0.302 e. The highest BCUT2D eigenvalue weighted by Gasteiger charge is 2.01. The number of nitrogens with zero attached hydrogens (tertiary/aromatic N) is 1. The van der Waals surface area contributed by atoms with E-state index in [4.69, 9.17) is 0 Å². The number of anilines is 1. The van der Waals surface area contributed by atoms with Gasteiger partial charge in [-0.3, -0.25) is 5.01 Å². The van der Waals surface area contributed by atoms with Crippen LogP contribution < -0.4 is 10.4 Å². The van der Waals surface area contributed by atoms with Crippen LogP contribution in [0.3, 0.4) is 0 Å². The van der Waals surface area contributed by atoms with Gasteiger partial charge < -0.3 is 5.43 Å². The molecule has 1 aliphatic heterocycles. The third kappa shape index (κ3) is 1.93. The minimum atomic E-state index is 1.14. The molecular formula is C11H12N2S. The van der Waals surface area contributed by atoms with Crippen LogP contribution in [-0.4, -0.2) is 6.26 Å². The van der Waals surface area contributed by atoms with Gasteiger partial charge in [-0.05, 0) is 42.7 Å². The van der Waals surface area contributed by atoms with Crippen LogP contribution in [0.5, 0.6) is 0 Å². The van der Waals surface area contributed by atoms with E-state index in [0.717, 1.165) is 5.69 Å². The number of benzene rings is 1. The summed E-state index contributed by atoms with van der Waals surface area (Å²) in [6, 6.07) is 8.44. The van der Waals surface area contributed by atoms with Crippen LogP contribution >= 0.6 is 11.8 Å². The van der Waals surface area contributed by atoms with Gasteiger partial charge in [0.05, 0.1) is 5.69 Å². The lowest BCUT2D eigenvalue weighted by Gasteiger charge is -2.22. The van der Waals surface area contributed by atoms with Crippen molar-refractivity contribution in [3.8, 4) is 0 Å². The molecule has 0 atom stereocenters. The lowest BCUT2D eigenvalue weighted by Crippen LogP contribution is -2.29. The molecule has 1 aliphatic rings. The number of nitrogens with one attached hydrogen (secondary N) is 1. The summed E-state index contributed by atoms with van der Waals surface area (Å²) < 4.78 is 0. The molecule has 0 aromatic heterocycles. The molecule has 0 saturated carbocycles. The number of hydrogen-bond donors (Lipinski definition) is 1. The van der Waals surface area contributed by atoms with Crippen LogP contribution in [0, 0.1) is 0 Å². The quantitative estimate of drug-likeness (QED) is 0.746. The lowest BCUT2D eigenvalue weighted by atomic mass is 10.3. The maximum absolute atomic E-state index is 3.13. The monoisotopic (exact) mass is 204 g/mol. The summed E-state index contributed by atoms with van der Waals surface area (Å²) in [5.41, 5.74) is 4.27. The average molecular weight is 204 g/mol. The summed E-state index contributed by atoms with van der Waals surface area (Å²) in [5, 5.41) is 1.98. The molecule has 2 nitrogen and oxygen atoms in total. The molecule has 0 radical (unpaired) electrons. The Bertz CT molecular complexity index is 354. The summed E-state index contributed by atoms with van der Waals surface area (Å²) in [7, 11) is 0. The molecule has 0 fully saturated rings. The highest BCUT2D eigenvalue weighted by molar-refractivity contribution is 7.98. The molecule has 0 spiro atoms. The summed E-state index contributed by atoms with van der Waals surface area (Å²) >= 11 is 1.75. The smallest absolute Gasteiger partial charge is 0.0624 e. The first-order chi connectivity index (χ1) is 6.90. The molecule has 14 heavy (non-hydrogen) atoms. The van der Waals surface area contributed by atoms with E-state index in [1.807, 2.05) is 29.6 Å². The van der Waals surface area contributed by atoms with Crippen LogP contribution in [0.15, 0.2) is 53.7 Å². The Hall–Kier alpha value is -1.35. The molecule has 1 N–H and O–H groups in total. The van der Waals surface area contributed by atoms with Gasteiger partial charge in [-0.2, -0.15) is 0 Å². The van der Waals surface area contributed by atoms with Gasteiger partial charge in [0, 0.05) is 17.3 Å². The molecular weight excluding hydrogens is 192 g/mol. The summed E-state index contributed by atoms with van der Waals surface area (Å²) in [5.74, 6) is 0. The lowest BCUT2D eigenvalue weighted by molar-refractivity contribution is 0.867. The van der Waals surface area contributed by atoms with Crippen molar-refractivity contribution < 1.29 is 0 Å². The number of hydrazine groups is 1. The summed E-state index contributed by atoms with van der Waals surface area (Å²) in [6.07, 6.45) is 9.94. The van der Waals surface area contributed by atoms with Gasteiger partial charge in [-0.15, -0.1) is 11.8 Å². The molecule has 1 aromatic carbocycles. The van der Waals surface area contributed by atoms with Crippen LogP contribution in [-0.2, 0) is 0 Å². The fourth-order valence-electron chi connectivity index (χ4n) is 1.26. The second-order valence-corrected chi connectivity index (χ2v) is 3.78. The van der Waals surface area contributed by atoms with Crippen LogP contribution in [0.1, 0.15) is 0 Å². The van der Waals surface area contributed by atoms with E-state index in [1.54, 1.807) is 11.8 Å². The number of thioether (sulfide) groups is 1. The van der Waals surface area contributed by atoms with E-state index in [2.05, 4.69) is 35.9 Å². The second-order valence-electron chi connectivity index (χ2n) is 2.90. The Morgan fingerprint density at radius 1 is 1.14 bits per heavy atom. The molecule has 72 valence electrons. The van der Waals surface area contributed by atoms with Crippen molar-refractivity contribution in [1.82, 2.24) is 5.43 Å². The normalized spacial score (nSPS) is 14.2. The highest BCUT2D eigenvalue weighted by Crippen LogP contribution is 2.20. The average Bonchev–Trinajstić information content (AvgIpc) is 2.30. The Labute approximate surface area is 88.3 Å². The Balaban J connectivity index is 2.16. The SMILES string of the molecule is CSc1ccc(N2C=CC=CN2)cc1. The second kappa shape index (κ2) is 4.24. The first-order valence-electron chi connectivity index (χ1n) is 4.43. The molecule has 0 amide bonds. The summed E-state index contributed by atoms with van der Waals surface area (Å²) in [6.45, 7) is 0. The molecule has 0 bridgehead atoms. The van der Waals surface area contributed by atoms with E-state index in [1.165, 1.54) is 4.90 Å². The first-order valence-corrected chi connectivity index (χ1v) is 5.65. The van der Waals surface area contributed by atoms with E-state index < -0.39 is 0 Å². The van der Waals surface area contributed by atoms with E-state index in [0.29, 0.717) is 0 Å². The molecule has 1 heterocycles. The molecule has 0 unspecified atom stereocenters. The van der Waals surface area contributed by atoms with Crippen molar-refractivity contribution in [2.75, 3.05) is 11.3 Å². The third-order valence-corrected chi connectivity index (χ3v) is 2.75. The van der Waals surface area contributed by atoms with Crippen molar-refractivity contribution in [2.24, 2.45) is 0 Å². The van der Waals surface area contributed by atoms with Gasteiger partial charge in [-0.25, -0.2) is 0 Å². The number of hydrogen-bond acceptors (Lipinski definition) is 3. The molecule has 3 heteroatoms. The maximum atomic E-state index is 3.13. The number of rotatable bonds is 2. The summed E-state index contributed by atoms with van der Waals surface area (Å²) in [4.78, 5) is 1.28. The van der Waals surface area contributed by atoms with Gasteiger partial charge in [0.15, 0.2) is 0 Å². The zero-order chi connectivity index (χ0) is 9.80. The van der Waals surface area contributed by atoms with Gasteiger partial charge in [0.25, 0.3) is 0 Å². The van der Waals surface area contributed by atoms with Gasteiger partial charge in [0.1, 0.15) is 0 Å². The van der Waals surface area contributed by atoms with Gasteiger partial charge in [0.2, 0.25) is 0 Å². The zero-order valence-electron chi connectivity index (χ0n) is 7.97. The fraction of sp³-hybridized carbons (Fsp3) is 0.0909. The molecule has 0 saturated heterocycles. The van der Waals surface area contributed by atoms with Crippen LogP contribution in [0.25, 0.3) is 0 Å². The van der Waals surface area contributed by atoms with Crippen molar-refractivity contribution in [1.29, 1.82) is 0 Å². The topological polar surface area (TPSA) is 15.3 Å². The standard InChI is InChI=1S/C11H12N2S/c1-14-11-6-4-10(5-7-11)13-9-3-2-8-12-13/h2-9,12H,1H3. The Morgan fingerprint density at radius 2 is 1.93 bits per heavy atom. The minimum absolute atomic E-state index is 1.14. The molecule has 2 rings (SSSR count). The zero-order valence-corrected chi connectivity index (χ0v) is 8.79. The van der Waals surface area contributed by atoms with Crippen molar-refractivity contribution in [3.05, 3.63) is 48.8 Å². The van der Waals surface area contributed by atoms with Gasteiger partial charge >= 0.3 is 0 Å².